The average Bonchev–Trinajstić information content (AvgIpc) is 3.18. The van der Waals surface area contributed by atoms with E-state index in [0.717, 1.165) is 52.4 Å². The summed E-state index contributed by atoms with van der Waals surface area (Å²) in [5.41, 5.74) is 4.15. The predicted octanol–water partition coefficient (Wildman–Crippen LogP) is 3.03. The van der Waals surface area contributed by atoms with Crippen LogP contribution in [0.5, 0.6) is 0 Å². The highest BCUT2D eigenvalue weighted by molar-refractivity contribution is 8.18. The number of nitrogens with zero attached hydrogens (tertiary/aromatic N) is 4. The molecule has 8 heteroatoms. The molecule has 0 aliphatic carbocycles. The number of thioether (sulfide) groups is 1. The van der Waals surface area contributed by atoms with E-state index in [2.05, 4.69) is 17.0 Å². The summed E-state index contributed by atoms with van der Waals surface area (Å²) in [4.78, 5) is 43.4. The zero-order valence-electron chi connectivity index (χ0n) is 18.0. The van der Waals surface area contributed by atoms with E-state index in [1.54, 1.807) is 11.0 Å². The Bertz CT molecular complexity index is 1050. The van der Waals surface area contributed by atoms with Crippen molar-refractivity contribution in [2.24, 2.45) is 7.05 Å². The van der Waals surface area contributed by atoms with Crippen molar-refractivity contribution in [2.45, 2.75) is 13.8 Å². The maximum Gasteiger partial charge on any atom is 0.294 e. The largest absolute Gasteiger partial charge is 0.368 e. The lowest BCUT2D eigenvalue weighted by molar-refractivity contribution is -0.136. The van der Waals surface area contributed by atoms with E-state index >= 15 is 0 Å². The standard InChI is InChI=1S/C23H26N4O3S/c1-16-13-18(17(2)24(16)3)14-20-22(29)27(23(30)31-20)15-21(28)26-11-9-25(10-12-26)19-7-5-4-6-8-19/h4-8,13-14H,9-12,15H2,1-3H3. The van der Waals surface area contributed by atoms with Crippen LogP contribution in [0, 0.1) is 13.8 Å². The van der Waals surface area contributed by atoms with Gasteiger partial charge in [0.05, 0.1) is 4.91 Å². The molecule has 0 bridgehead atoms. The molecule has 2 aromatic rings. The Labute approximate surface area is 186 Å². The average molecular weight is 439 g/mol. The first-order valence-electron chi connectivity index (χ1n) is 10.3. The van der Waals surface area contributed by atoms with Gasteiger partial charge in [-0.15, -0.1) is 0 Å². The number of aryl methyl sites for hydroxylation is 1. The molecule has 3 heterocycles. The summed E-state index contributed by atoms with van der Waals surface area (Å²) in [7, 11) is 1.96. The van der Waals surface area contributed by atoms with E-state index < -0.39 is 11.1 Å². The molecule has 0 N–H and O–H groups in total. The number of imide groups is 1. The van der Waals surface area contributed by atoms with Crippen LogP contribution in [-0.2, 0) is 16.6 Å². The molecule has 162 valence electrons. The third-order valence-electron chi connectivity index (χ3n) is 6.02. The van der Waals surface area contributed by atoms with Crippen LogP contribution in [0.15, 0.2) is 41.3 Å². The Kier molecular flexibility index (Phi) is 5.91. The molecule has 1 aromatic carbocycles. The molecule has 3 amide bonds. The van der Waals surface area contributed by atoms with Crippen molar-refractivity contribution in [3.63, 3.8) is 0 Å². The Hall–Kier alpha value is -3.00. The van der Waals surface area contributed by atoms with Gasteiger partial charge >= 0.3 is 0 Å². The number of aromatic nitrogens is 1. The van der Waals surface area contributed by atoms with E-state index in [1.807, 2.05) is 49.7 Å². The zero-order valence-corrected chi connectivity index (χ0v) is 18.8. The van der Waals surface area contributed by atoms with Crippen molar-refractivity contribution in [1.82, 2.24) is 14.4 Å². The molecule has 0 radical (unpaired) electrons. The molecule has 0 unspecified atom stereocenters. The monoisotopic (exact) mass is 438 g/mol. The van der Waals surface area contributed by atoms with Crippen LogP contribution >= 0.6 is 11.8 Å². The Morgan fingerprint density at radius 2 is 1.74 bits per heavy atom. The van der Waals surface area contributed by atoms with Crippen LogP contribution in [0.25, 0.3) is 6.08 Å². The van der Waals surface area contributed by atoms with Gasteiger partial charge in [-0.25, -0.2) is 0 Å². The lowest BCUT2D eigenvalue weighted by Gasteiger charge is -2.36. The van der Waals surface area contributed by atoms with E-state index in [4.69, 9.17) is 0 Å². The molecule has 2 aliphatic rings. The Morgan fingerprint density at radius 1 is 1.06 bits per heavy atom. The Morgan fingerprint density at radius 3 is 2.35 bits per heavy atom. The molecule has 0 spiro atoms. The van der Waals surface area contributed by atoms with Gasteiger partial charge < -0.3 is 14.4 Å². The highest BCUT2D eigenvalue weighted by Crippen LogP contribution is 2.33. The lowest BCUT2D eigenvalue weighted by Crippen LogP contribution is -2.51. The molecule has 0 atom stereocenters. The number of anilines is 1. The summed E-state index contributed by atoms with van der Waals surface area (Å²) in [5, 5.41) is -0.391. The smallest absolute Gasteiger partial charge is 0.294 e. The molecule has 31 heavy (non-hydrogen) atoms. The number of carbonyl (C=O) groups excluding carboxylic acids is 3. The van der Waals surface area contributed by atoms with Crippen LogP contribution in [0.1, 0.15) is 17.0 Å². The number of hydrogen-bond acceptors (Lipinski definition) is 5. The molecule has 0 saturated carbocycles. The van der Waals surface area contributed by atoms with Gasteiger partial charge in [0.1, 0.15) is 6.54 Å². The molecular formula is C23H26N4O3S. The minimum absolute atomic E-state index is 0.192. The summed E-state index contributed by atoms with van der Waals surface area (Å²) < 4.78 is 2.04. The quantitative estimate of drug-likeness (QED) is 0.687. The van der Waals surface area contributed by atoms with Gasteiger partial charge in [0, 0.05) is 50.3 Å². The number of carbonyl (C=O) groups is 3. The second-order valence-corrected chi connectivity index (χ2v) is 8.85. The van der Waals surface area contributed by atoms with Gasteiger partial charge in [-0.1, -0.05) is 18.2 Å². The number of hydrogen-bond donors (Lipinski definition) is 0. The van der Waals surface area contributed by atoms with Gasteiger partial charge in [-0.05, 0) is 55.4 Å². The third-order valence-corrected chi connectivity index (χ3v) is 6.93. The first kappa shape index (κ1) is 21.2. The fourth-order valence-electron chi connectivity index (χ4n) is 3.90. The second-order valence-electron chi connectivity index (χ2n) is 7.86. The van der Waals surface area contributed by atoms with Crippen molar-refractivity contribution in [3.05, 3.63) is 58.3 Å². The highest BCUT2D eigenvalue weighted by Gasteiger charge is 2.37. The van der Waals surface area contributed by atoms with Crippen LogP contribution in [-0.4, -0.2) is 64.1 Å². The highest BCUT2D eigenvalue weighted by atomic mass is 32.2. The summed E-state index contributed by atoms with van der Waals surface area (Å²) >= 11 is 0.897. The summed E-state index contributed by atoms with van der Waals surface area (Å²) in [6.45, 7) is 6.35. The van der Waals surface area contributed by atoms with E-state index in [-0.39, 0.29) is 12.5 Å². The molecule has 7 nitrogen and oxygen atoms in total. The van der Waals surface area contributed by atoms with Gasteiger partial charge in [0.2, 0.25) is 5.91 Å². The predicted molar refractivity (Wildman–Crippen MR) is 123 cm³/mol. The van der Waals surface area contributed by atoms with Crippen LogP contribution in [0.4, 0.5) is 10.5 Å². The number of benzene rings is 1. The Balaban J connectivity index is 1.38. The van der Waals surface area contributed by atoms with Crippen LogP contribution < -0.4 is 4.90 Å². The molecule has 2 fully saturated rings. The summed E-state index contributed by atoms with van der Waals surface area (Å²) in [6.07, 6.45) is 1.75. The fraction of sp³-hybridized carbons (Fsp3) is 0.348. The van der Waals surface area contributed by atoms with E-state index in [0.29, 0.717) is 18.0 Å². The maximum atomic E-state index is 12.8. The first-order chi connectivity index (χ1) is 14.8. The molecule has 2 aliphatic heterocycles. The van der Waals surface area contributed by atoms with Gasteiger partial charge in [0.15, 0.2) is 0 Å². The minimum atomic E-state index is -0.396. The first-order valence-corrected chi connectivity index (χ1v) is 11.1. The molecule has 2 saturated heterocycles. The SMILES string of the molecule is Cc1cc(C=C2SC(=O)N(CC(=O)N3CCN(c4ccccc4)CC3)C2=O)c(C)n1C. The van der Waals surface area contributed by atoms with Crippen molar-refractivity contribution < 1.29 is 14.4 Å². The fourth-order valence-corrected chi connectivity index (χ4v) is 4.73. The maximum absolute atomic E-state index is 12.8. The normalized spacial score (nSPS) is 18.4. The second kappa shape index (κ2) is 8.63. The van der Waals surface area contributed by atoms with Crippen LogP contribution in [0.2, 0.25) is 0 Å². The number of para-hydroxylation sites is 1. The number of amides is 3. The molecular weight excluding hydrogens is 412 g/mol. The zero-order chi connectivity index (χ0) is 22.1. The van der Waals surface area contributed by atoms with Gasteiger partial charge in [-0.2, -0.15) is 0 Å². The van der Waals surface area contributed by atoms with Gasteiger partial charge in [-0.3, -0.25) is 19.3 Å². The summed E-state index contributed by atoms with van der Waals surface area (Å²) in [5.74, 6) is -0.588. The van der Waals surface area contributed by atoms with Crippen molar-refractivity contribution in [1.29, 1.82) is 0 Å². The van der Waals surface area contributed by atoms with Crippen molar-refractivity contribution in [2.75, 3.05) is 37.6 Å². The minimum Gasteiger partial charge on any atom is -0.368 e. The summed E-state index contributed by atoms with van der Waals surface area (Å²) in [6, 6.07) is 12.1. The number of piperazine rings is 1. The van der Waals surface area contributed by atoms with Crippen molar-refractivity contribution in [3.8, 4) is 0 Å². The third kappa shape index (κ3) is 4.25. The lowest BCUT2D eigenvalue weighted by atomic mass is 10.2. The topological polar surface area (TPSA) is 65.9 Å². The number of rotatable bonds is 4. The van der Waals surface area contributed by atoms with E-state index in [1.165, 1.54) is 0 Å². The van der Waals surface area contributed by atoms with Gasteiger partial charge in [0.25, 0.3) is 11.1 Å². The van der Waals surface area contributed by atoms with Crippen molar-refractivity contribution >= 4 is 40.6 Å². The van der Waals surface area contributed by atoms with Crippen LogP contribution in [0.3, 0.4) is 0 Å². The molecule has 4 rings (SSSR count). The van der Waals surface area contributed by atoms with E-state index in [9.17, 15) is 14.4 Å². The molecule has 1 aromatic heterocycles.